The first kappa shape index (κ1) is 26.1. The van der Waals surface area contributed by atoms with Crippen LogP contribution in [0.5, 0.6) is 5.75 Å². The molecule has 0 amide bonds. The Kier molecular flexibility index (Phi) is 7.32. The second kappa shape index (κ2) is 10.7. The maximum absolute atomic E-state index is 13.1. The van der Waals surface area contributed by atoms with Crippen LogP contribution in [0.15, 0.2) is 60.8 Å². The second-order valence-electron chi connectivity index (χ2n) is 9.22. The third kappa shape index (κ3) is 5.63. The van der Waals surface area contributed by atoms with Gasteiger partial charge < -0.3 is 9.47 Å². The number of rotatable bonds is 10. The standard InChI is InChI=1S/C28H28ClN3O5S/c1-3-37-28(33)26-25-16-23(19-6-7-19)24(17-32(25)30-27(26)20-8-10-21(29)11-9-20)31-38(34,35)15-14-18-4-12-22(36-2)13-5-18/h4-5,8-13,16-17,19,31H,3,6-7,14-15H2,1-2H3. The van der Waals surface area contributed by atoms with Crippen molar-refractivity contribution in [2.45, 2.75) is 32.1 Å². The third-order valence-corrected chi connectivity index (χ3v) is 8.02. The molecule has 5 rings (SSSR count). The highest BCUT2D eigenvalue weighted by atomic mass is 35.5. The first-order valence-corrected chi connectivity index (χ1v) is 14.4. The van der Waals surface area contributed by atoms with E-state index in [9.17, 15) is 13.2 Å². The van der Waals surface area contributed by atoms with Gasteiger partial charge in [0.25, 0.3) is 0 Å². The third-order valence-electron chi connectivity index (χ3n) is 6.50. The fourth-order valence-corrected chi connectivity index (χ4v) is 5.64. The van der Waals surface area contributed by atoms with Crippen molar-refractivity contribution < 1.29 is 22.7 Å². The highest BCUT2D eigenvalue weighted by Crippen LogP contribution is 2.45. The number of sulfonamides is 1. The topological polar surface area (TPSA) is 99.0 Å². The summed E-state index contributed by atoms with van der Waals surface area (Å²) in [5, 5.41) is 5.23. The molecular weight excluding hydrogens is 526 g/mol. The zero-order valence-electron chi connectivity index (χ0n) is 21.1. The Hall–Kier alpha value is -3.56. The monoisotopic (exact) mass is 553 g/mol. The highest BCUT2D eigenvalue weighted by Gasteiger charge is 2.31. The molecule has 0 saturated heterocycles. The molecule has 2 aromatic carbocycles. The zero-order chi connectivity index (χ0) is 26.9. The zero-order valence-corrected chi connectivity index (χ0v) is 22.7. The van der Waals surface area contributed by atoms with Crippen LogP contribution in [0.3, 0.4) is 0 Å². The van der Waals surface area contributed by atoms with E-state index in [-0.39, 0.29) is 18.3 Å². The van der Waals surface area contributed by atoms with Crippen molar-refractivity contribution in [3.05, 3.63) is 82.5 Å². The van der Waals surface area contributed by atoms with Crippen LogP contribution in [0.1, 0.15) is 47.2 Å². The summed E-state index contributed by atoms with van der Waals surface area (Å²) >= 11 is 6.07. The lowest BCUT2D eigenvalue weighted by Crippen LogP contribution is -2.19. The number of halogens is 1. The molecule has 38 heavy (non-hydrogen) atoms. The molecule has 2 aromatic heterocycles. The summed E-state index contributed by atoms with van der Waals surface area (Å²) in [6.07, 6.45) is 3.90. The summed E-state index contributed by atoms with van der Waals surface area (Å²) in [5.74, 6) is 0.367. The molecule has 0 bridgehead atoms. The van der Waals surface area contributed by atoms with Crippen molar-refractivity contribution in [1.82, 2.24) is 9.61 Å². The minimum Gasteiger partial charge on any atom is -0.497 e. The summed E-state index contributed by atoms with van der Waals surface area (Å²) in [6, 6.07) is 16.2. The number of nitrogens with one attached hydrogen (secondary N) is 1. The molecule has 4 aromatic rings. The second-order valence-corrected chi connectivity index (χ2v) is 11.5. The van der Waals surface area contributed by atoms with Crippen molar-refractivity contribution in [1.29, 1.82) is 0 Å². The van der Waals surface area contributed by atoms with Crippen LogP contribution in [0.2, 0.25) is 5.02 Å². The van der Waals surface area contributed by atoms with Crippen LogP contribution < -0.4 is 9.46 Å². The predicted octanol–water partition coefficient (Wildman–Crippen LogP) is 5.70. The summed E-state index contributed by atoms with van der Waals surface area (Å²) in [4.78, 5) is 13.0. The molecule has 10 heteroatoms. The van der Waals surface area contributed by atoms with Gasteiger partial charge in [0.05, 0.1) is 36.9 Å². The summed E-state index contributed by atoms with van der Waals surface area (Å²) in [6.45, 7) is 1.97. The fourth-order valence-electron chi connectivity index (χ4n) is 4.40. The molecule has 198 valence electrons. The fraction of sp³-hybridized carbons (Fsp3) is 0.286. The van der Waals surface area contributed by atoms with Gasteiger partial charge in [0.15, 0.2) is 0 Å². The minimum absolute atomic E-state index is 0.0787. The Balaban J connectivity index is 1.51. The summed E-state index contributed by atoms with van der Waals surface area (Å²) < 4.78 is 41.0. The number of esters is 1. The molecule has 0 aliphatic heterocycles. The average molecular weight is 554 g/mol. The van der Waals surface area contributed by atoms with E-state index in [1.807, 2.05) is 30.3 Å². The Labute approximate surface area is 226 Å². The molecule has 8 nitrogen and oxygen atoms in total. The van der Waals surface area contributed by atoms with Crippen LogP contribution in [0.4, 0.5) is 5.69 Å². The number of carbonyl (C=O) groups is 1. The molecule has 0 unspecified atom stereocenters. The van der Waals surface area contributed by atoms with Crippen LogP contribution in [-0.2, 0) is 21.2 Å². The Bertz CT molecular complexity index is 1580. The lowest BCUT2D eigenvalue weighted by molar-refractivity contribution is 0.0529. The number of hydrogen-bond acceptors (Lipinski definition) is 6. The number of aromatic nitrogens is 2. The number of benzene rings is 2. The van der Waals surface area contributed by atoms with Crippen LogP contribution in [0.25, 0.3) is 16.8 Å². The van der Waals surface area contributed by atoms with E-state index in [1.165, 1.54) is 0 Å². The van der Waals surface area contributed by atoms with Gasteiger partial charge in [-0.3, -0.25) is 4.72 Å². The van der Waals surface area contributed by atoms with Crippen molar-refractivity contribution in [2.24, 2.45) is 0 Å². The number of hydrogen-bond donors (Lipinski definition) is 1. The molecule has 1 fully saturated rings. The van der Waals surface area contributed by atoms with E-state index in [0.29, 0.717) is 39.5 Å². The van der Waals surface area contributed by atoms with Crippen molar-refractivity contribution in [3.8, 4) is 17.0 Å². The van der Waals surface area contributed by atoms with Crippen LogP contribution >= 0.6 is 11.6 Å². The maximum atomic E-state index is 13.1. The van der Waals surface area contributed by atoms with E-state index in [2.05, 4.69) is 9.82 Å². The van der Waals surface area contributed by atoms with E-state index < -0.39 is 16.0 Å². The van der Waals surface area contributed by atoms with E-state index in [0.717, 1.165) is 29.7 Å². The number of aryl methyl sites for hydroxylation is 1. The Morgan fingerprint density at radius 3 is 2.47 bits per heavy atom. The molecule has 2 heterocycles. The van der Waals surface area contributed by atoms with Gasteiger partial charge in [-0.25, -0.2) is 17.7 Å². The Morgan fingerprint density at radius 2 is 1.84 bits per heavy atom. The van der Waals surface area contributed by atoms with Gasteiger partial charge in [0.1, 0.15) is 17.0 Å². The van der Waals surface area contributed by atoms with Gasteiger partial charge >= 0.3 is 5.97 Å². The first-order valence-electron chi connectivity index (χ1n) is 12.4. The SMILES string of the molecule is CCOC(=O)c1c(-c2ccc(Cl)cc2)nn2cc(NS(=O)(=O)CCc3ccc(OC)cc3)c(C3CC3)cc12. The number of ether oxygens (including phenoxy) is 2. The highest BCUT2D eigenvalue weighted by molar-refractivity contribution is 7.92. The maximum Gasteiger partial charge on any atom is 0.342 e. The molecule has 1 aliphatic rings. The predicted molar refractivity (Wildman–Crippen MR) is 148 cm³/mol. The number of anilines is 1. The number of carbonyl (C=O) groups excluding carboxylic acids is 1. The molecule has 0 atom stereocenters. The molecule has 1 saturated carbocycles. The van der Waals surface area contributed by atoms with E-state index in [1.54, 1.807) is 49.0 Å². The molecule has 1 N–H and O–H groups in total. The first-order chi connectivity index (χ1) is 18.3. The number of nitrogens with zero attached hydrogens (tertiary/aromatic N) is 2. The van der Waals surface area contributed by atoms with Gasteiger partial charge in [0.2, 0.25) is 10.0 Å². The largest absolute Gasteiger partial charge is 0.497 e. The number of pyridine rings is 1. The van der Waals surface area contributed by atoms with Gasteiger partial charge in [-0.05, 0) is 73.6 Å². The van der Waals surface area contributed by atoms with E-state index >= 15 is 0 Å². The number of fused-ring (bicyclic) bond motifs is 1. The van der Waals surface area contributed by atoms with Crippen LogP contribution in [0, 0.1) is 0 Å². The molecule has 0 radical (unpaired) electrons. The molecule has 0 spiro atoms. The average Bonchev–Trinajstić information content (AvgIpc) is 3.68. The molecular formula is C28H28ClN3O5S. The number of methoxy groups -OCH3 is 1. The van der Waals surface area contributed by atoms with Gasteiger partial charge in [-0.2, -0.15) is 5.10 Å². The molecule has 1 aliphatic carbocycles. The van der Waals surface area contributed by atoms with Crippen molar-refractivity contribution >= 4 is 38.8 Å². The summed E-state index contributed by atoms with van der Waals surface area (Å²) in [7, 11) is -2.07. The van der Waals surface area contributed by atoms with Crippen LogP contribution in [-0.4, -0.2) is 43.5 Å². The van der Waals surface area contributed by atoms with Gasteiger partial charge in [-0.1, -0.05) is 35.9 Å². The van der Waals surface area contributed by atoms with E-state index in [4.69, 9.17) is 21.1 Å². The van der Waals surface area contributed by atoms with Gasteiger partial charge in [0, 0.05) is 10.6 Å². The Morgan fingerprint density at radius 1 is 1.13 bits per heavy atom. The lowest BCUT2D eigenvalue weighted by Gasteiger charge is -2.13. The lowest BCUT2D eigenvalue weighted by atomic mass is 10.0. The van der Waals surface area contributed by atoms with Gasteiger partial charge in [-0.15, -0.1) is 0 Å². The van der Waals surface area contributed by atoms with Crippen molar-refractivity contribution in [3.63, 3.8) is 0 Å². The van der Waals surface area contributed by atoms with Crippen molar-refractivity contribution in [2.75, 3.05) is 24.2 Å². The quantitative estimate of drug-likeness (QED) is 0.253. The normalized spacial score (nSPS) is 13.4. The summed E-state index contributed by atoms with van der Waals surface area (Å²) in [5.41, 5.74) is 4.26. The minimum atomic E-state index is -3.66. The smallest absolute Gasteiger partial charge is 0.342 e.